The summed E-state index contributed by atoms with van der Waals surface area (Å²) < 4.78 is 13.1. The fourth-order valence-electron chi connectivity index (χ4n) is 5.82. The lowest BCUT2D eigenvalue weighted by Crippen LogP contribution is -2.54. The van der Waals surface area contributed by atoms with Crippen LogP contribution in [0.25, 0.3) is 10.4 Å². The second-order valence-electron chi connectivity index (χ2n) is 11.1. The lowest BCUT2D eigenvalue weighted by atomic mass is 9.81. The number of amides is 1. The van der Waals surface area contributed by atoms with Crippen LogP contribution in [0.1, 0.15) is 61.3 Å². The minimum atomic E-state index is -1.45. The van der Waals surface area contributed by atoms with Crippen LogP contribution in [0.3, 0.4) is 0 Å². The molecule has 3 aromatic rings. The average molecular weight is 662 g/mol. The number of hydrogen-bond donors (Lipinski definition) is 3. The summed E-state index contributed by atoms with van der Waals surface area (Å²) in [4.78, 5) is 22.5. The Labute approximate surface area is 265 Å². The fourth-order valence-corrected chi connectivity index (χ4v) is 6.31. The van der Waals surface area contributed by atoms with E-state index in [0.717, 1.165) is 22.9 Å². The Morgan fingerprint density at radius 3 is 2.59 bits per heavy atom. The summed E-state index contributed by atoms with van der Waals surface area (Å²) in [5.41, 5.74) is 16.5. The molecule has 1 heterocycles. The van der Waals surface area contributed by atoms with Gasteiger partial charge in [0.25, 0.3) is 5.91 Å². The van der Waals surface area contributed by atoms with Crippen LogP contribution in [0, 0.1) is 5.92 Å². The van der Waals surface area contributed by atoms with Gasteiger partial charge in [-0.05, 0) is 60.2 Å². The number of aliphatic imine (C=N–C) groups is 1. The van der Waals surface area contributed by atoms with E-state index < -0.39 is 11.6 Å². The molecule has 0 radical (unpaired) electrons. The first-order valence-electron chi connectivity index (χ1n) is 15.1. The smallest absolute Gasteiger partial charge is 0.266 e. The fraction of sp³-hybridized carbons (Fsp3) is 0.394. The zero-order chi connectivity index (χ0) is 30.8. The number of rotatable bonds is 13. The third kappa shape index (κ3) is 7.42. The third-order valence-corrected chi connectivity index (χ3v) is 8.86. The Morgan fingerprint density at radius 1 is 1.09 bits per heavy atom. The van der Waals surface area contributed by atoms with Gasteiger partial charge in [-0.2, -0.15) is 0 Å². The summed E-state index contributed by atoms with van der Waals surface area (Å²) in [7, 11) is 0. The maximum absolute atomic E-state index is 14.4. The molecule has 3 aromatic carbocycles. The Kier molecular flexibility index (Phi) is 10.9. The van der Waals surface area contributed by atoms with Crippen molar-refractivity contribution >= 4 is 33.4 Å². The molecule has 0 bridgehead atoms. The van der Waals surface area contributed by atoms with Gasteiger partial charge < -0.3 is 14.6 Å². The molecule has 1 fully saturated rings. The molecule has 0 aromatic heterocycles. The van der Waals surface area contributed by atoms with E-state index in [2.05, 4.69) is 36.8 Å². The van der Waals surface area contributed by atoms with Crippen LogP contribution < -0.4 is 15.6 Å². The van der Waals surface area contributed by atoms with Gasteiger partial charge in [-0.3, -0.25) is 10.2 Å². The van der Waals surface area contributed by atoms with Gasteiger partial charge in [-0.25, -0.2) is 10.4 Å². The van der Waals surface area contributed by atoms with Crippen molar-refractivity contribution in [2.24, 2.45) is 16.0 Å². The number of carbonyl (C=O) groups excluding carboxylic acids is 1. The minimum Gasteiger partial charge on any atom is -0.494 e. The molecule has 11 heteroatoms. The number of nitrogens with zero attached hydrogens (tertiary/aromatic N) is 4. The minimum absolute atomic E-state index is 0.0572. The number of benzene rings is 3. The number of hydrogen-bond acceptors (Lipinski definition) is 7. The van der Waals surface area contributed by atoms with E-state index in [1.165, 1.54) is 19.3 Å². The van der Waals surface area contributed by atoms with Crippen molar-refractivity contribution in [2.45, 2.75) is 56.6 Å². The molecule has 1 saturated carbocycles. The van der Waals surface area contributed by atoms with Crippen molar-refractivity contribution in [3.8, 4) is 5.75 Å². The maximum atomic E-state index is 14.4. The lowest BCUT2D eigenvalue weighted by molar-refractivity contribution is -0.130. The van der Waals surface area contributed by atoms with Gasteiger partial charge in [-0.1, -0.05) is 82.8 Å². The lowest BCUT2D eigenvalue weighted by Gasteiger charge is -2.32. The molecular formula is C33H37BrN6O4. The van der Waals surface area contributed by atoms with Crippen LogP contribution in [0.5, 0.6) is 5.75 Å². The van der Waals surface area contributed by atoms with Gasteiger partial charge in [0.2, 0.25) is 5.90 Å². The van der Waals surface area contributed by atoms with Crippen molar-refractivity contribution in [3.05, 3.63) is 104 Å². The molecule has 44 heavy (non-hydrogen) atoms. The third-order valence-electron chi connectivity index (χ3n) is 8.14. The summed E-state index contributed by atoms with van der Waals surface area (Å²) in [5.74, 6) is 1.13. The Bertz CT molecular complexity index is 1500. The second kappa shape index (κ2) is 15.2. The number of nitrogens with one attached hydrogen (secondary N) is 2. The summed E-state index contributed by atoms with van der Waals surface area (Å²) in [6.45, 7) is 1.13. The van der Waals surface area contributed by atoms with Crippen molar-refractivity contribution in [1.82, 2.24) is 10.9 Å². The second-order valence-corrected chi connectivity index (χ2v) is 12.0. The molecule has 2 atom stereocenters. The largest absolute Gasteiger partial charge is 0.494 e. The summed E-state index contributed by atoms with van der Waals surface area (Å²) in [5, 5.41) is 13.0. The van der Waals surface area contributed by atoms with Gasteiger partial charge in [0.15, 0.2) is 11.6 Å². The number of azide groups is 1. The highest BCUT2D eigenvalue weighted by atomic mass is 79.9. The Hall–Kier alpha value is -3.89. The summed E-state index contributed by atoms with van der Waals surface area (Å²) in [6, 6.07) is 22.2. The zero-order valence-corrected chi connectivity index (χ0v) is 26.1. The predicted molar refractivity (Wildman–Crippen MR) is 173 cm³/mol. The SMILES string of the molecule is [N-]=[N+]=Nc1ccccc1C[C@]1(C(=O)NNCC2CCCCC2)N=C(c2ccc(OCCCO)cc2)O[C@H]1c1ccccc1Br. The Morgan fingerprint density at radius 2 is 1.84 bits per heavy atom. The van der Waals surface area contributed by atoms with Gasteiger partial charge in [-0.15, -0.1) is 0 Å². The molecule has 230 valence electrons. The van der Waals surface area contributed by atoms with Crippen molar-refractivity contribution in [3.63, 3.8) is 0 Å². The van der Waals surface area contributed by atoms with E-state index in [0.29, 0.717) is 54.0 Å². The summed E-state index contributed by atoms with van der Waals surface area (Å²) in [6.07, 6.45) is 5.80. The number of halogens is 1. The number of aliphatic hydroxyl groups is 1. The van der Waals surface area contributed by atoms with Crippen LogP contribution in [-0.2, 0) is 16.0 Å². The van der Waals surface area contributed by atoms with E-state index in [1.54, 1.807) is 12.1 Å². The van der Waals surface area contributed by atoms with Crippen LogP contribution in [0.2, 0.25) is 0 Å². The molecule has 3 N–H and O–H groups in total. The van der Waals surface area contributed by atoms with Crippen LogP contribution >= 0.6 is 15.9 Å². The van der Waals surface area contributed by atoms with Crippen LogP contribution in [-0.4, -0.2) is 42.2 Å². The average Bonchev–Trinajstić information content (AvgIpc) is 3.43. The molecule has 1 aliphatic carbocycles. The Balaban J connectivity index is 1.54. The number of hydrazine groups is 1. The van der Waals surface area contributed by atoms with Gasteiger partial charge in [0, 0.05) is 52.2 Å². The van der Waals surface area contributed by atoms with Gasteiger partial charge >= 0.3 is 0 Å². The normalized spacial score (nSPS) is 19.9. The molecule has 1 amide bonds. The summed E-state index contributed by atoms with van der Waals surface area (Å²) >= 11 is 3.67. The van der Waals surface area contributed by atoms with Crippen LogP contribution in [0.4, 0.5) is 5.69 Å². The van der Waals surface area contributed by atoms with Crippen molar-refractivity contribution < 1.29 is 19.4 Å². The van der Waals surface area contributed by atoms with E-state index in [1.807, 2.05) is 60.7 Å². The molecule has 5 rings (SSSR count). The molecule has 0 spiro atoms. The standard InChI is InChI=1S/C33H37BrN6O4/c34-28-13-6-5-12-27(28)30-33(21-25-11-4-7-14-29(25)38-40-35,32(42)39-36-22-23-9-2-1-3-10-23)37-31(44-30)24-15-17-26(18-16-24)43-20-8-19-41/h4-7,11-18,23,30,36,41H,1-3,8-10,19-22H2,(H,39,42)/t30-,33-/m0/s1. The van der Waals surface area contributed by atoms with E-state index in [9.17, 15) is 10.3 Å². The van der Waals surface area contributed by atoms with Crippen LogP contribution in [0.15, 0.2) is 87.4 Å². The molecule has 1 aliphatic heterocycles. The first-order valence-corrected chi connectivity index (χ1v) is 15.8. The topological polar surface area (TPSA) is 141 Å². The molecule has 0 unspecified atom stereocenters. The van der Waals surface area contributed by atoms with E-state index in [4.69, 9.17) is 19.6 Å². The number of ether oxygens (including phenoxy) is 2. The van der Waals surface area contributed by atoms with Crippen molar-refractivity contribution in [1.29, 1.82) is 0 Å². The highest BCUT2D eigenvalue weighted by Crippen LogP contribution is 2.45. The molecule has 10 nitrogen and oxygen atoms in total. The highest BCUT2D eigenvalue weighted by Gasteiger charge is 2.54. The highest BCUT2D eigenvalue weighted by molar-refractivity contribution is 9.10. The maximum Gasteiger partial charge on any atom is 0.266 e. The van der Waals surface area contributed by atoms with Gasteiger partial charge in [0.05, 0.1) is 6.61 Å². The first-order chi connectivity index (χ1) is 21.5. The molecule has 0 saturated heterocycles. The van der Waals surface area contributed by atoms with Gasteiger partial charge in [0.1, 0.15) is 5.75 Å². The molecule has 2 aliphatic rings. The van der Waals surface area contributed by atoms with Crippen molar-refractivity contribution in [2.75, 3.05) is 19.8 Å². The number of aliphatic hydroxyl groups excluding tert-OH is 1. The number of carbonyl (C=O) groups is 1. The molecular weight excluding hydrogens is 624 g/mol. The monoisotopic (exact) mass is 660 g/mol. The predicted octanol–water partition coefficient (Wildman–Crippen LogP) is 6.85. The zero-order valence-electron chi connectivity index (χ0n) is 24.5. The quantitative estimate of drug-likeness (QED) is 0.0604. The van der Waals surface area contributed by atoms with E-state index >= 15 is 0 Å². The first kappa shape index (κ1) is 31.5. The van der Waals surface area contributed by atoms with E-state index in [-0.39, 0.29) is 18.9 Å².